The minimum atomic E-state index is 0.169. The Balaban J connectivity index is 2.33. The minimum Gasteiger partial charge on any atom is -0.504 e. The molecule has 0 aliphatic heterocycles. The number of phenolic OH excluding ortho intramolecular Hbond substituents is 1. The van der Waals surface area contributed by atoms with E-state index in [1.54, 1.807) is 12.1 Å². The summed E-state index contributed by atoms with van der Waals surface area (Å²) in [4.78, 5) is 0. The second-order valence-corrected chi connectivity index (χ2v) is 6.13. The summed E-state index contributed by atoms with van der Waals surface area (Å²) in [5, 5.41) is 10.00. The molecule has 0 amide bonds. The summed E-state index contributed by atoms with van der Waals surface area (Å²) in [7, 11) is 0. The number of hydrogen-bond acceptors (Lipinski definition) is 3. The van der Waals surface area contributed by atoms with Crippen molar-refractivity contribution in [3.63, 3.8) is 0 Å². The zero-order chi connectivity index (χ0) is 16.8. The average Bonchev–Trinajstić information content (AvgIpc) is 2.56. The Kier molecular flexibility index (Phi) is 11.2. The minimum absolute atomic E-state index is 0.169. The van der Waals surface area contributed by atoms with Gasteiger partial charge in [0.1, 0.15) is 0 Å². The first kappa shape index (κ1) is 19.7. The van der Waals surface area contributed by atoms with Crippen molar-refractivity contribution >= 4 is 0 Å². The van der Waals surface area contributed by atoms with Gasteiger partial charge in [-0.2, -0.15) is 0 Å². The fourth-order valence-corrected chi connectivity index (χ4v) is 2.53. The van der Waals surface area contributed by atoms with Crippen molar-refractivity contribution in [1.82, 2.24) is 0 Å². The maximum Gasteiger partial charge on any atom is 0.203 e. The highest BCUT2D eigenvalue weighted by atomic mass is 16.5. The molecule has 1 aromatic carbocycles. The predicted molar refractivity (Wildman–Crippen MR) is 96.6 cm³/mol. The first-order chi connectivity index (χ1) is 11.3. The fraction of sp³-hybridized carbons (Fsp3) is 0.700. The average molecular weight is 322 g/mol. The standard InChI is InChI=1S/C20H34O3/c1-3-5-7-9-11-16-22-19-15-13-14-18(21)20(19)23-17-12-10-8-6-4-2/h13-15,21H,3-12,16-17H2,1-2H3. The highest BCUT2D eigenvalue weighted by molar-refractivity contribution is 5.50. The van der Waals surface area contributed by atoms with E-state index >= 15 is 0 Å². The van der Waals surface area contributed by atoms with Gasteiger partial charge in [0, 0.05) is 0 Å². The number of ether oxygens (including phenoxy) is 2. The van der Waals surface area contributed by atoms with E-state index in [0.29, 0.717) is 24.7 Å². The number of aromatic hydroxyl groups is 1. The van der Waals surface area contributed by atoms with Crippen molar-refractivity contribution in [3.8, 4) is 17.2 Å². The Labute approximate surface area is 142 Å². The van der Waals surface area contributed by atoms with Crippen LogP contribution in [0.2, 0.25) is 0 Å². The third-order valence-corrected chi connectivity index (χ3v) is 3.96. The maximum atomic E-state index is 10.00. The van der Waals surface area contributed by atoms with Crippen LogP contribution in [0.25, 0.3) is 0 Å². The number of rotatable bonds is 14. The number of benzene rings is 1. The van der Waals surface area contributed by atoms with E-state index in [4.69, 9.17) is 9.47 Å². The summed E-state index contributed by atoms with van der Waals surface area (Å²) in [6, 6.07) is 5.33. The third kappa shape index (κ3) is 8.73. The molecule has 0 fully saturated rings. The molecule has 0 aliphatic rings. The lowest BCUT2D eigenvalue weighted by atomic mass is 10.2. The number of hydrogen-bond donors (Lipinski definition) is 1. The second kappa shape index (κ2) is 13.1. The Morgan fingerprint density at radius 3 is 1.91 bits per heavy atom. The van der Waals surface area contributed by atoms with Crippen LogP contribution in [0.4, 0.5) is 0 Å². The van der Waals surface area contributed by atoms with Gasteiger partial charge in [0.2, 0.25) is 5.75 Å². The molecule has 132 valence electrons. The first-order valence-electron chi connectivity index (χ1n) is 9.37. The van der Waals surface area contributed by atoms with Gasteiger partial charge in [0.15, 0.2) is 11.5 Å². The Morgan fingerprint density at radius 2 is 1.30 bits per heavy atom. The van der Waals surface area contributed by atoms with Gasteiger partial charge in [-0.1, -0.05) is 71.3 Å². The van der Waals surface area contributed by atoms with Crippen molar-refractivity contribution in [2.45, 2.75) is 78.1 Å². The molecule has 23 heavy (non-hydrogen) atoms. The van der Waals surface area contributed by atoms with Gasteiger partial charge in [-0.15, -0.1) is 0 Å². The molecule has 0 aliphatic carbocycles. The van der Waals surface area contributed by atoms with E-state index in [-0.39, 0.29) is 5.75 Å². The van der Waals surface area contributed by atoms with Crippen molar-refractivity contribution in [2.75, 3.05) is 13.2 Å². The van der Waals surface area contributed by atoms with Gasteiger partial charge < -0.3 is 14.6 Å². The van der Waals surface area contributed by atoms with E-state index in [9.17, 15) is 5.11 Å². The lowest BCUT2D eigenvalue weighted by Gasteiger charge is -2.14. The molecule has 0 saturated heterocycles. The van der Waals surface area contributed by atoms with Crippen molar-refractivity contribution in [3.05, 3.63) is 18.2 Å². The van der Waals surface area contributed by atoms with Gasteiger partial charge in [0.25, 0.3) is 0 Å². The van der Waals surface area contributed by atoms with Crippen LogP contribution in [-0.2, 0) is 0 Å². The Morgan fingerprint density at radius 1 is 0.739 bits per heavy atom. The van der Waals surface area contributed by atoms with E-state index in [2.05, 4.69) is 13.8 Å². The molecular formula is C20H34O3. The highest BCUT2D eigenvalue weighted by Gasteiger charge is 2.10. The molecular weight excluding hydrogens is 288 g/mol. The lowest BCUT2D eigenvalue weighted by Crippen LogP contribution is -2.03. The van der Waals surface area contributed by atoms with Gasteiger partial charge >= 0.3 is 0 Å². The summed E-state index contributed by atoms with van der Waals surface area (Å²) in [6.45, 7) is 5.74. The van der Waals surface area contributed by atoms with Gasteiger partial charge in [-0.3, -0.25) is 0 Å². The fourth-order valence-electron chi connectivity index (χ4n) is 2.53. The zero-order valence-electron chi connectivity index (χ0n) is 15.0. The lowest BCUT2D eigenvalue weighted by molar-refractivity contribution is 0.249. The van der Waals surface area contributed by atoms with Crippen molar-refractivity contribution < 1.29 is 14.6 Å². The summed E-state index contributed by atoms with van der Waals surface area (Å²) in [6.07, 6.45) is 12.0. The quantitative estimate of drug-likeness (QED) is 0.421. The predicted octanol–water partition coefficient (Wildman–Crippen LogP) is 6.09. The largest absolute Gasteiger partial charge is 0.504 e. The van der Waals surface area contributed by atoms with Crippen LogP contribution in [0.1, 0.15) is 78.1 Å². The number of phenols is 1. The normalized spacial score (nSPS) is 10.7. The SMILES string of the molecule is CCCCCCCOc1cccc(O)c1OCCCCCCC. The van der Waals surface area contributed by atoms with E-state index in [0.717, 1.165) is 12.8 Å². The van der Waals surface area contributed by atoms with Crippen LogP contribution in [0, 0.1) is 0 Å². The van der Waals surface area contributed by atoms with E-state index in [1.807, 2.05) is 6.07 Å². The van der Waals surface area contributed by atoms with Gasteiger partial charge in [0.05, 0.1) is 13.2 Å². The highest BCUT2D eigenvalue weighted by Crippen LogP contribution is 2.36. The van der Waals surface area contributed by atoms with Gasteiger partial charge in [-0.25, -0.2) is 0 Å². The summed E-state index contributed by atoms with van der Waals surface area (Å²) >= 11 is 0. The van der Waals surface area contributed by atoms with Crippen LogP contribution in [0.15, 0.2) is 18.2 Å². The van der Waals surface area contributed by atoms with Crippen LogP contribution in [0.5, 0.6) is 17.2 Å². The topological polar surface area (TPSA) is 38.7 Å². The Hall–Kier alpha value is -1.38. The molecule has 3 heteroatoms. The zero-order valence-corrected chi connectivity index (χ0v) is 15.0. The molecule has 0 aromatic heterocycles. The van der Waals surface area contributed by atoms with Crippen LogP contribution >= 0.6 is 0 Å². The smallest absolute Gasteiger partial charge is 0.203 e. The second-order valence-electron chi connectivity index (χ2n) is 6.13. The van der Waals surface area contributed by atoms with E-state index in [1.165, 1.54) is 51.4 Å². The molecule has 0 bridgehead atoms. The molecule has 1 rings (SSSR count). The molecule has 1 aromatic rings. The molecule has 1 N–H and O–H groups in total. The van der Waals surface area contributed by atoms with Crippen molar-refractivity contribution in [1.29, 1.82) is 0 Å². The molecule has 0 radical (unpaired) electrons. The van der Waals surface area contributed by atoms with Crippen LogP contribution in [-0.4, -0.2) is 18.3 Å². The van der Waals surface area contributed by atoms with Gasteiger partial charge in [-0.05, 0) is 25.0 Å². The summed E-state index contributed by atoms with van der Waals surface area (Å²) in [5.74, 6) is 1.33. The van der Waals surface area contributed by atoms with Crippen LogP contribution < -0.4 is 9.47 Å². The molecule has 0 heterocycles. The van der Waals surface area contributed by atoms with Crippen molar-refractivity contribution in [2.24, 2.45) is 0 Å². The molecule has 3 nitrogen and oxygen atoms in total. The summed E-state index contributed by atoms with van der Waals surface area (Å²) in [5.41, 5.74) is 0. The molecule has 0 saturated carbocycles. The maximum absolute atomic E-state index is 10.00. The molecule has 0 unspecified atom stereocenters. The Bertz CT molecular complexity index is 404. The molecule has 0 spiro atoms. The monoisotopic (exact) mass is 322 g/mol. The third-order valence-electron chi connectivity index (χ3n) is 3.96. The summed E-state index contributed by atoms with van der Waals surface area (Å²) < 4.78 is 11.6. The molecule has 0 atom stereocenters. The first-order valence-corrected chi connectivity index (χ1v) is 9.37. The van der Waals surface area contributed by atoms with Crippen LogP contribution in [0.3, 0.4) is 0 Å². The number of para-hydroxylation sites is 1. The number of unbranched alkanes of at least 4 members (excludes halogenated alkanes) is 8. The van der Waals surface area contributed by atoms with E-state index < -0.39 is 0 Å².